The first kappa shape index (κ1) is 23.4. The molecule has 2 amide bonds. The van der Waals surface area contributed by atoms with Crippen LogP contribution in [0.2, 0.25) is 0 Å². The van der Waals surface area contributed by atoms with Crippen LogP contribution < -0.4 is 15.2 Å². The van der Waals surface area contributed by atoms with Gasteiger partial charge in [-0.15, -0.1) is 0 Å². The van der Waals surface area contributed by atoms with Crippen LogP contribution in [0.5, 0.6) is 11.5 Å². The summed E-state index contributed by atoms with van der Waals surface area (Å²) < 4.78 is 37.0. The lowest BCUT2D eigenvalue weighted by Crippen LogP contribution is -2.65. The zero-order chi connectivity index (χ0) is 23.5. The van der Waals surface area contributed by atoms with E-state index in [9.17, 15) is 28.2 Å². The Morgan fingerprint density at radius 2 is 1.72 bits per heavy atom. The topological polar surface area (TPSA) is 156 Å². The minimum atomic E-state index is -4.23. The van der Waals surface area contributed by atoms with Crippen LogP contribution in [0, 0.1) is 0 Å². The number of methoxy groups -OCH3 is 1. The summed E-state index contributed by atoms with van der Waals surface area (Å²) in [5.41, 5.74) is 3.37. The van der Waals surface area contributed by atoms with Crippen molar-refractivity contribution < 1.29 is 37.7 Å². The molecular formula is C21H24N2O8S. The molecule has 1 fully saturated rings. The van der Waals surface area contributed by atoms with Crippen molar-refractivity contribution in [3.63, 3.8) is 0 Å². The second-order valence-electron chi connectivity index (χ2n) is 7.42. The summed E-state index contributed by atoms with van der Waals surface area (Å²) in [6.45, 7) is -0.553. The molecule has 1 aliphatic rings. The van der Waals surface area contributed by atoms with Crippen molar-refractivity contribution in [2.75, 3.05) is 20.2 Å². The minimum Gasteiger partial charge on any atom is -0.497 e. The molecule has 1 saturated heterocycles. The fourth-order valence-corrected chi connectivity index (χ4v) is 5.52. The maximum Gasteiger partial charge on any atom is 0.338 e. The number of carbonyl (C=O) groups is 2. The van der Waals surface area contributed by atoms with E-state index in [0.29, 0.717) is 11.5 Å². The number of rotatable bonds is 7. The molecule has 3 rings (SSSR count). The van der Waals surface area contributed by atoms with Gasteiger partial charge in [0.2, 0.25) is 0 Å². The highest BCUT2D eigenvalue weighted by Crippen LogP contribution is 2.33. The predicted octanol–water partition coefficient (Wildman–Crippen LogP) is 1.02. The van der Waals surface area contributed by atoms with Gasteiger partial charge in [-0.1, -0.05) is 12.1 Å². The first-order valence-corrected chi connectivity index (χ1v) is 11.2. The van der Waals surface area contributed by atoms with Crippen molar-refractivity contribution in [3.8, 4) is 11.5 Å². The zero-order valence-electron chi connectivity index (χ0n) is 17.3. The van der Waals surface area contributed by atoms with Crippen molar-refractivity contribution in [2.24, 2.45) is 5.73 Å². The number of amides is 2. The zero-order valence-corrected chi connectivity index (χ0v) is 18.1. The van der Waals surface area contributed by atoms with Crippen molar-refractivity contribution in [1.82, 2.24) is 4.90 Å². The molecule has 0 aromatic heterocycles. The molecule has 0 radical (unpaired) electrons. The van der Waals surface area contributed by atoms with Gasteiger partial charge in [0.1, 0.15) is 23.4 Å². The average molecular weight is 464 g/mol. The number of sulfone groups is 1. The van der Waals surface area contributed by atoms with Crippen molar-refractivity contribution in [1.29, 1.82) is 0 Å². The Morgan fingerprint density at radius 1 is 1.12 bits per heavy atom. The van der Waals surface area contributed by atoms with Gasteiger partial charge in [-0.05, 0) is 48.4 Å². The molecule has 4 N–H and O–H groups in total. The highest BCUT2D eigenvalue weighted by molar-refractivity contribution is 7.92. The Hall–Kier alpha value is -3.31. The van der Waals surface area contributed by atoms with Gasteiger partial charge in [0.25, 0.3) is 0 Å². The van der Waals surface area contributed by atoms with Crippen LogP contribution in [-0.4, -0.2) is 66.6 Å². The Morgan fingerprint density at radius 3 is 2.25 bits per heavy atom. The van der Waals surface area contributed by atoms with Crippen molar-refractivity contribution in [3.05, 3.63) is 54.1 Å². The summed E-state index contributed by atoms with van der Waals surface area (Å²) in [5.74, 6) is -0.612. The lowest BCUT2D eigenvalue weighted by atomic mass is 9.92. The fourth-order valence-electron chi connectivity index (χ4n) is 3.57. The summed E-state index contributed by atoms with van der Waals surface area (Å²) in [7, 11) is -2.67. The number of benzene rings is 2. The number of carboxylic acids is 1. The van der Waals surface area contributed by atoms with Crippen LogP contribution >= 0.6 is 0 Å². The standard InChI is InChI=1S/C21H24N2O8S/c1-30-15-4-2-14(3-5-15)12-31-16-6-8-17(9-7-16)32(28,29)18-10-11-23(20(22)26)13-21(18,27)19(24)25/h2-9,18,27H,10-13H2,1H3,(H2,22,26)(H,24,25). The Balaban J connectivity index is 1.76. The number of ether oxygens (including phenoxy) is 2. The van der Waals surface area contributed by atoms with Gasteiger partial charge in [0.15, 0.2) is 15.4 Å². The number of aliphatic carboxylic acids is 1. The van der Waals surface area contributed by atoms with E-state index >= 15 is 0 Å². The van der Waals surface area contributed by atoms with Gasteiger partial charge in [0, 0.05) is 6.54 Å². The highest BCUT2D eigenvalue weighted by atomic mass is 32.2. The molecule has 0 aliphatic carbocycles. The maximum atomic E-state index is 13.1. The first-order chi connectivity index (χ1) is 15.1. The molecule has 1 aliphatic heterocycles. The van der Waals surface area contributed by atoms with Crippen LogP contribution in [0.4, 0.5) is 4.79 Å². The number of hydrogen-bond acceptors (Lipinski definition) is 7. The summed E-state index contributed by atoms with van der Waals surface area (Å²) in [4.78, 5) is 23.9. The number of primary amides is 1. The highest BCUT2D eigenvalue weighted by Gasteiger charge is 2.55. The average Bonchev–Trinajstić information content (AvgIpc) is 2.78. The summed E-state index contributed by atoms with van der Waals surface area (Å²) in [6, 6.07) is 11.8. The van der Waals surface area contributed by atoms with Crippen LogP contribution in [0.3, 0.4) is 0 Å². The molecule has 2 unspecified atom stereocenters. The van der Waals surface area contributed by atoms with Crippen molar-refractivity contribution >= 4 is 21.8 Å². The SMILES string of the molecule is COc1ccc(COc2ccc(S(=O)(=O)C3CCN(C(N)=O)CC3(O)C(=O)O)cc2)cc1. The number of carbonyl (C=O) groups excluding carboxylic acids is 1. The number of piperidine rings is 1. The van der Waals surface area contributed by atoms with Gasteiger partial charge < -0.3 is 30.3 Å². The molecule has 2 aromatic rings. The van der Waals surface area contributed by atoms with E-state index in [-0.39, 0.29) is 24.5 Å². The Bertz CT molecular complexity index is 1090. The third kappa shape index (κ3) is 4.63. The van der Waals surface area contributed by atoms with Crippen LogP contribution in [0.25, 0.3) is 0 Å². The number of β-amino-alcohol motifs (C(OH)–C–C–N with tert-alkyl or cyclic N) is 1. The fraction of sp³-hybridized carbons (Fsp3) is 0.333. The second-order valence-corrected chi connectivity index (χ2v) is 9.55. The molecule has 0 bridgehead atoms. The molecule has 1 heterocycles. The molecule has 0 spiro atoms. The third-order valence-corrected chi connectivity index (χ3v) is 7.70. The minimum absolute atomic E-state index is 0.0854. The van der Waals surface area contributed by atoms with Crippen molar-refractivity contribution in [2.45, 2.75) is 28.8 Å². The molecule has 2 atom stereocenters. The Labute approximate surface area is 185 Å². The van der Waals surface area contributed by atoms with Gasteiger partial charge in [-0.25, -0.2) is 18.0 Å². The van der Waals surface area contributed by atoms with E-state index in [2.05, 4.69) is 0 Å². The third-order valence-electron chi connectivity index (χ3n) is 5.40. The van der Waals surface area contributed by atoms with Gasteiger partial charge >= 0.3 is 12.0 Å². The first-order valence-electron chi connectivity index (χ1n) is 9.68. The van der Waals surface area contributed by atoms with Gasteiger partial charge in [-0.3, -0.25) is 0 Å². The number of nitrogens with zero attached hydrogens (tertiary/aromatic N) is 1. The van der Waals surface area contributed by atoms with Crippen LogP contribution in [0.15, 0.2) is 53.4 Å². The normalized spacial score (nSPS) is 21.1. The lowest BCUT2D eigenvalue weighted by molar-refractivity contribution is -0.162. The lowest BCUT2D eigenvalue weighted by Gasteiger charge is -2.40. The number of nitrogens with two attached hydrogens (primary N) is 1. The smallest absolute Gasteiger partial charge is 0.338 e. The number of aliphatic hydroxyl groups is 1. The Kier molecular flexibility index (Phi) is 6.60. The second kappa shape index (κ2) is 9.05. The predicted molar refractivity (Wildman–Crippen MR) is 113 cm³/mol. The maximum absolute atomic E-state index is 13.1. The quantitative estimate of drug-likeness (QED) is 0.548. The number of carboxylic acid groups (broad SMARTS) is 1. The number of urea groups is 1. The van der Waals surface area contributed by atoms with E-state index in [1.165, 1.54) is 24.3 Å². The number of likely N-dealkylation sites (tertiary alicyclic amines) is 1. The van der Waals surface area contributed by atoms with E-state index in [4.69, 9.17) is 15.2 Å². The summed E-state index contributed by atoms with van der Waals surface area (Å²) in [6.07, 6.45) is -0.274. The van der Waals surface area contributed by atoms with Crippen LogP contribution in [-0.2, 0) is 21.2 Å². The summed E-state index contributed by atoms with van der Waals surface area (Å²) in [5, 5.41) is 18.5. The van der Waals surface area contributed by atoms with Gasteiger partial charge in [-0.2, -0.15) is 0 Å². The van der Waals surface area contributed by atoms with E-state index in [1.807, 2.05) is 12.1 Å². The van der Waals surface area contributed by atoms with E-state index in [1.54, 1.807) is 19.2 Å². The molecular weight excluding hydrogens is 440 g/mol. The monoisotopic (exact) mass is 464 g/mol. The molecule has 172 valence electrons. The van der Waals surface area contributed by atoms with Gasteiger partial charge in [0.05, 0.1) is 18.6 Å². The molecule has 32 heavy (non-hydrogen) atoms. The van der Waals surface area contributed by atoms with Crippen LogP contribution in [0.1, 0.15) is 12.0 Å². The van der Waals surface area contributed by atoms with E-state index in [0.717, 1.165) is 10.5 Å². The number of hydrogen-bond donors (Lipinski definition) is 3. The largest absolute Gasteiger partial charge is 0.497 e. The van der Waals surface area contributed by atoms with E-state index < -0.39 is 39.2 Å². The molecule has 10 nitrogen and oxygen atoms in total. The molecule has 0 saturated carbocycles. The summed E-state index contributed by atoms with van der Waals surface area (Å²) >= 11 is 0. The molecule has 2 aromatic carbocycles. The molecule has 11 heteroatoms.